The third-order valence-electron chi connectivity index (χ3n) is 4.53. The number of carbonyl (C=O) groups is 2. The molecule has 190 valence electrons. The molecule has 0 spiro atoms. The highest BCUT2D eigenvalue weighted by Crippen LogP contribution is 2.46. The lowest BCUT2D eigenvalue weighted by Gasteiger charge is -2.32. The molecule has 0 saturated heterocycles. The molecule has 2 aromatic heterocycles. The Labute approximate surface area is 197 Å². The molecule has 0 aliphatic rings. The molecule has 2 heterocycles. The zero-order valence-corrected chi connectivity index (χ0v) is 21.1. The Bertz CT molecular complexity index is 1060. The van der Waals surface area contributed by atoms with E-state index >= 15 is 0 Å². The van der Waals surface area contributed by atoms with Crippen LogP contribution >= 0.6 is 7.52 Å². The van der Waals surface area contributed by atoms with Crippen molar-refractivity contribution in [2.24, 2.45) is 0 Å². The van der Waals surface area contributed by atoms with Crippen LogP contribution in [0.4, 0.5) is 5.82 Å². The van der Waals surface area contributed by atoms with Crippen molar-refractivity contribution in [1.29, 1.82) is 0 Å². The van der Waals surface area contributed by atoms with Gasteiger partial charge in [0.05, 0.1) is 37.6 Å². The minimum absolute atomic E-state index is 0.252. The van der Waals surface area contributed by atoms with Crippen molar-refractivity contribution in [1.82, 2.24) is 24.6 Å². The number of imidazole rings is 1. The van der Waals surface area contributed by atoms with Crippen LogP contribution in [0.5, 0.6) is 0 Å². The van der Waals surface area contributed by atoms with E-state index in [1.54, 1.807) is 31.7 Å². The van der Waals surface area contributed by atoms with E-state index in [2.05, 4.69) is 20.0 Å². The summed E-state index contributed by atoms with van der Waals surface area (Å²) in [5.41, 5.74) is 5.40. The lowest BCUT2D eigenvalue weighted by molar-refractivity contribution is -0.153. The Morgan fingerprint density at radius 2 is 1.88 bits per heavy atom. The van der Waals surface area contributed by atoms with Crippen LogP contribution in [0, 0.1) is 0 Å². The van der Waals surface area contributed by atoms with Gasteiger partial charge in [-0.25, -0.2) is 20.0 Å². The van der Waals surface area contributed by atoms with Crippen molar-refractivity contribution in [2.75, 3.05) is 12.1 Å². The van der Waals surface area contributed by atoms with E-state index in [4.69, 9.17) is 24.8 Å². The molecule has 0 aromatic carbocycles. The monoisotopic (exact) mass is 500 g/mol. The van der Waals surface area contributed by atoms with Gasteiger partial charge < -0.3 is 29.4 Å². The minimum Gasteiger partial charge on any atom is -0.481 e. The van der Waals surface area contributed by atoms with Crippen LogP contribution in [-0.4, -0.2) is 66.8 Å². The number of carboxylic acids is 1. The van der Waals surface area contributed by atoms with Gasteiger partial charge in [-0.05, 0) is 41.5 Å². The van der Waals surface area contributed by atoms with Crippen LogP contribution < -0.4 is 10.8 Å². The number of carboxylic acid groups (broad SMARTS) is 1. The van der Waals surface area contributed by atoms with Gasteiger partial charge in [-0.15, -0.1) is 0 Å². The zero-order chi connectivity index (χ0) is 25.7. The van der Waals surface area contributed by atoms with Crippen LogP contribution in [0.25, 0.3) is 11.2 Å². The number of carbonyl (C=O) groups excluding carboxylic acids is 1. The number of esters is 1. The molecule has 0 bridgehead atoms. The van der Waals surface area contributed by atoms with Crippen LogP contribution in [0.1, 0.15) is 48.0 Å². The first kappa shape index (κ1) is 27.6. The fourth-order valence-corrected chi connectivity index (χ4v) is 5.31. The summed E-state index contributed by atoms with van der Waals surface area (Å²) in [5.74, 6) is -1.49. The van der Waals surface area contributed by atoms with E-state index in [0.29, 0.717) is 17.7 Å². The number of rotatable bonds is 13. The van der Waals surface area contributed by atoms with E-state index in [0.717, 1.165) is 0 Å². The predicted molar refractivity (Wildman–Crippen MR) is 124 cm³/mol. The first-order valence-corrected chi connectivity index (χ1v) is 12.6. The Balaban J connectivity index is 2.14. The van der Waals surface area contributed by atoms with Crippen molar-refractivity contribution in [3.8, 4) is 0 Å². The second kappa shape index (κ2) is 11.2. The number of hydrogen-bond donors (Lipinski definition) is 3. The van der Waals surface area contributed by atoms with Gasteiger partial charge in [0.25, 0.3) is 7.52 Å². The molecular weight excluding hydrogens is 467 g/mol. The molecule has 0 aliphatic carbocycles. The second-order valence-corrected chi connectivity index (χ2v) is 10.9. The third kappa shape index (κ3) is 7.73. The van der Waals surface area contributed by atoms with Crippen molar-refractivity contribution in [3.63, 3.8) is 0 Å². The molecule has 0 amide bonds. The number of nitrogens with one attached hydrogen (secondary N) is 1. The molecule has 14 heteroatoms. The van der Waals surface area contributed by atoms with Crippen molar-refractivity contribution < 1.29 is 33.3 Å². The summed E-state index contributed by atoms with van der Waals surface area (Å²) in [6.07, 6.45) is 0.329. The number of aromatic nitrogens is 4. The van der Waals surface area contributed by atoms with Crippen LogP contribution in [0.2, 0.25) is 0 Å². The van der Waals surface area contributed by atoms with Crippen LogP contribution in [0.15, 0.2) is 12.7 Å². The van der Waals surface area contributed by atoms with E-state index in [1.165, 1.54) is 27.1 Å². The Morgan fingerprint density at radius 1 is 1.21 bits per heavy atom. The van der Waals surface area contributed by atoms with Gasteiger partial charge in [0.1, 0.15) is 23.7 Å². The average molecular weight is 500 g/mol. The van der Waals surface area contributed by atoms with E-state index in [9.17, 15) is 14.2 Å². The second-order valence-electron chi connectivity index (χ2n) is 8.81. The highest BCUT2D eigenvalue weighted by atomic mass is 31.2. The molecule has 0 aliphatic heterocycles. The summed E-state index contributed by atoms with van der Waals surface area (Å²) >= 11 is 0. The average Bonchev–Trinajstić information content (AvgIpc) is 3.09. The summed E-state index contributed by atoms with van der Waals surface area (Å²) in [7, 11) is -3.86. The summed E-state index contributed by atoms with van der Waals surface area (Å²) < 4.78 is 32.0. The molecule has 2 aromatic rings. The quantitative estimate of drug-likeness (QED) is 0.270. The number of ether oxygens (including phenoxy) is 2. The fourth-order valence-electron chi connectivity index (χ4n) is 3.08. The van der Waals surface area contributed by atoms with Gasteiger partial charge in [0.2, 0.25) is 0 Å². The molecule has 0 saturated carbocycles. The summed E-state index contributed by atoms with van der Waals surface area (Å²) in [6.45, 7) is 9.93. The van der Waals surface area contributed by atoms with Gasteiger partial charge >= 0.3 is 11.9 Å². The Morgan fingerprint density at radius 3 is 2.50 bits per heavy atom. The number of nitrogens with zero attached hydrogens (tertiary/aromatic N) is 4. The van der Waals surface area contributed by atoms with Gasteiger partial charge in [0.15, 0.2) is 11.5 Å². The van der Waals surface area contributed by atoms with Crippen molar-refractivity contribution in [3.05, 3.63) is 12.7 Å². The molecule has 0 unspecified atom stereocenters. The van der Waals surface area contributed by atoms with Crippen LogP contribution in [0.3, 0.4) is 0 Å². The smallest absolute Gasteiger partial charge is 0.326 e. The van der Waals surface area contributed by atoms with E-state index < -0.39 is 43.6 Å². The molecule has 2 rings (SSSR count). The largest absolute Gasteiger partial charge is 0.481 e. The predicted octanol–water partition coefficient (Wildman–Crippen LogP) is 2.16. The molecule has 0 fully saturated rings. The third-order valence-corrected chi connectivity index (χ3v) is 6.62. The normalized spacial score (nSPS) is 15.7. The lowest BCUT2D eigenvalue weighted by atomic mass is 10.1. The standard InChI is InChI=1S/C20H33N6O7P/c1-12(2)32-19(29)20(5,6)25-34(30,33-13(3)7-15(27)28)11-31-14(4)8-26-10-24-16-17(21)22-9-23-18(16)26/h9-10,12-14H,7-8,11H2,1-6H3,(H,25,30)(H,27,28)(H2,21,22,23)/t13-,14+,34-/m0/s1. The summed E-state index contributed by atoms with van der Waals surface area (Å²) in [6, 6.07) is 0. The molecule has 4 N–H and O–H groups in total. The SMILES string of the molecule is CC(C)OC(=O)C(C)(C)N[P@](=O)(CO[C@H](C)Cn1cnc2c(N)ncnc21)O[C@@H](C)CC(=O)O. The maximum atomic E-state index is 13.7. The topological polar surface area (TPSA) is 181 Å². The molecular formula is C20H33N6O7P. The zero-order valence-electron chi connectivity index (χ0n) is 20.2. The summed E-state index contributed by atoms with van der Waals surface area (Å²) in [4.78, 5) is 35.8. The molecule has 13 nitrogen and oxygen atoms in total. The Kier molecular flexibility index (Phi) is 9.12. The van der Waals surface area contributed by atoms with Crippen molar-refractivity contribution >= 4 is 36.4 Å². The highest BCUT2D eigenvalue weighted by molar-refractivity contribution is 7.56. The first-order valence-electron chi connectivity index (χ1n) is 10.7. The number of nitrogens with two attached hydrogens (primary N) is 1. The number of aliphatic carboxylic acids is 1. The lowest BCUT2D eigenvalue weighted by Crippen LogP contribution is -2.48. The van der Waals surface area contributed by atoms with E-state index in [1.807, 2.05) is 0 Å². The van der Waals surface area contributed by atoms with Gasteiger partial charge in [-0.2, -0.15) is 0 Å². The maximum Gasteiger partial charge on any atom is 0.326 e. The number of hydrogen-bond acceptors (Lipinski definition) is 10. The molecule has 0 radical (unpaired) electrons. The van der Waals surface area contributed by atoms with Gasteiger partial charge in [-0.1, -0.05) is 0 Å². The number of nitrogen functional groups attached to an aromatic ring is 1. The number of anilines is 1. The molecule has 34 heavy (non-hydrogen) atoms. The van der Waals surface area contributed by atoms with Gasteiger partial charge in [0, 0.05) is 0 Å². The minimum atomic E-state index is -3.86. The molecule has 3 atom stereocenters. The highest BCUT2D eigenvalue weighted by Gasteiger charge is 2.40. The fraction of sp³-hybridized carbons (Fsp3) is 0.650. The number of fused-ring (bicyclic) bond motifs is 1. The first-order chi connectivity index (χ1) is 15.7. The summed E-state index contributed by atoms with van der Waals surface area (Å²) in [5, 5.41) is 11.8. The van der Waals surface area contributed by atoms with Crippen molar-refractivity contribution in [2.45, 2.75) is 78.4 Å². The van der Waals surface area contributed by atoms with E-state index in [-0.39, 0.29) is 18.3 Å². The van der Waals surface area contributed by atoms with Gasteiger partial charge in [-0.3, -0.25) is 14.2 Å². The Hall–Kier alpha value is -2.60. The maximum absolute atomic E-state index is 13.7. The van der Waals surface area contributed by atoms with Crippen LogP contribution in [-0.2, 0) is 34.7 Å².